The first-order chi connectivity index (χ1) is 14.6. The number of hydrogen-bond acceptors (Lipinski definition) is 6. The fourth-order valence-corrected chi connectivity index (χ4v) is 3.55. The summed E-state index contributed by atoms with van der Waals surface area (Å²) in [7, 11) is 1.65. The number of nitrogens with one attached hydrogen (secondary N) is 1. The van der Waals surface area contributed by atoms with Crippen LogP contribution in [-0.4, -0.2) is 31.3 Å². The molecule has 0 bridgehead atoms. The molecule has 0 aliphatic heterocycles. The second kappa shape index (κ2) is 12.4. The first kappa shape index (κ1) is 24.7. The van der Waals surface area contributed by atoms with E-state index in [2.05, 4.69) is 15.3 Å². The number of hydrogen-bond donors (Lipinski definition) is 2. The zero-order valence-electron chi connectivity index (χ0n) is 17.8. The number of halogens is 1. The molecule has 0 saturated heterocycles. The predicted molar refractivity (Wildman–Crippen MR) is 137 cm³/mol. The molecule has 0 saturated carbocycles. The molecule has 0 fully saturated rings. The van der Waals surface area contributed by atoms with Crippen molar-refractivity contribution in [3.05, 3.63) is 53.5 Å². The Labute approximate surface area is 203 Å². The van der Waals surface area contributed by atoms with Crippen LogP contribution in [0.1, 0.15) is 19.5 Å². The summed E-state index contributed by atoms with van der Waals surface area (Å²) in [4.78, 5) is 9.06. The highest BCUT2D eigenvalue weighted by Gasteiger charge is 2.08. The number of ether oxygens (including phenoxy) is 3. The van der Waals surface area contributed by atoms with Gasteiger partial charge in [0.25, 0.3) is 0 Å². The van der Waals surface area contributed by atoms with Crippen LogP contribution in [0.15, 0.2) is 52.8 Å². The van der Waals surface area contributed by atoms with Gasteiger partial charge in [0.05, 0.1) is 38.2 Å². The first-order valence-corrected chi connectivity index (χ1v) is 10.6. The molecular formula is C22H27IN4O3S. The Bertz CT molecular complexity index is 993. The van der Waals surface area contributed by atoms with Crippen LogP contribution in [-0.2, 0) is 6.54 Å². The number of thiazole rings is 1. The quantitative estimate of drug-likeness (QED) is 0.216. The zero-order valence-corrected chi connectivity index (χ0v) is 20.9. The Morgan fingerprint density at radius 2 is 1.77 bits per heavy atom. The van der Waals surface area contributed by atoms with Crippen molar-refractivity contribution in [3.8, 4) is 27.8 Å². The van der Waals surface area contributed by atoms with E-state index >= 15 is 0 Å². The summed E-state index contributed by atoms with van der Waals surface area (Å²) in [6, 6.07) is 13.4. The Morgan fingerprint density at radius 3 is 2.45 bits per heavy atom. The van der Waals surface area contributed by atoms with E-state index in [0.717, 1.165) is 27.8 Å². The number of nitrogens with two attached hydrogens (primary N) is 1. The van der Waals surface area contributed by atoms with Gasteiger partial charge in [-0.1, -0.05) is 0 Å². The number of benzene rings is 2. The number of rotatable bonds is 9. The van der Waals surface area contributed by atoms with Crippen molar-refractivity contribution in [3.63, 3.8) is 0 Å². The third-order valence-electron chi connectivity index (χ3n) is 4.12. The van der Waals surface area contributed by atoms with Crippen LogP contribution in [0.5, 0.6) is 17.2 Å². The maximum absolute atomic E-state index is 6.10. The summed E-state index contributed by atoms with van der Waals surface area (Å²) < 4.78 is 16.4. The largest absolute Gasteiger partial charge is 0.497 e. The average molecular weight is 554 g/mol. The molecule has 2 aromatic carbocycles. The summed E-state index contributed by atoms with van der Waals surface area (Å²) in [6.07, 6.45) is 0. The zero-order chi connectivity index (χ0) is 21.3. The molecule has 7 nitrogen and oxygen atoms in total. The predicted octanol–water partition coefficient (Wildman–Crippen LogP) is 5.16. The van der Waals surface area contributed by atoms with Crippen LogP contribution in [0.4, 0.5) is 5.69 Å². The van der Waals surface area contributed by atoms with Crippen molar-refractivity contribution in [1.29, 1.82) is 0 Å². The number of nitrogens with zero attached hydrogens (tertiary/aromatic N) is 2. The molecule has 0 spiro atoms. The SMILES string of the molecule is CCOc1ccc(OCC)c(NC(N)=NCc2csc(-c3ccc(OC)cc3)n2)c1.I. The summed E-state index contributed by atoms with van der Waals surface area (Å²) in [6.45, 7) is 5.37. The first-order valence-electron chi connectivity index (χ1n) is 9.68. The smallest absolute Gasteiger partial charge is 0.193 e. The van der Waals surface area contributed by atoms with E-state index < -0.39 is 0 Å². The summed E-state index contributed by atoms with van der Waals surface area (Å²) in [5.74, 6) is 2.52. The standard InChI is InChI=1S/C22H26N4O3S.HI/c1-4-28-18-10-11-20(29-5-2)19(12-18)26-22(23)24-13-16-14-30-21(25-16)15-6-8-17(27-3)9-7-15;/h6-12,14H,4-5,13H2,1-3H3,(H3,23,24,26);1H. The molecule has 1 aromatic heterocycles. The van der Waals surface area contributed by atoms with Crippen molar-refractivity contribution in [1.82, 2.24) is 4.98 Å². The minimum absolute atomic E-state index is 0. The normalized spacial score (nSPS) is 10.9. The summed E-state index contributed by atoms with van der Waals surface area (Å²) >= 11 is 1.57. The highest BCUT2D eigenvalue weighted by atomic mass is 127. The van der Waals surface area contributed by atoms with E-state index in [-0.39, 0.29) is 29.9 Å². The molecule has 3 N–H and O–H groups in total. The molecule has 1 heterocycles. The van der Waals surface area contributed by atoms with Crippen LogP contribution in [0.25, 0.3) is 10.6 Å². The van der Waals surface area contributed by atoms with Crippen molar-refractivity contribution in [2.24, 2.45) is 10.7 Å². The van der Waals surface area contributed by atoms with Crippen LogP contribution in [0.3, 0.4) is 0 Å². The van der Waals surface area contributed by atoms with E-state index in [1.807, 2.05) is 61.7 Å². The molecule has 3 aromatic rings. The highest BCUT2D eigenvalue weighted by Crippen LogP contribution is 2.29. The number of aromatic nitrogens is 1. The molecule has 3 rings (SSSR count). The van der Waals surface area contributed by atoms with Crippen LogP contribution in [0, 0.1) is 0 Å². The Kier molecular flexibility index (Phi) is 9.86. The Morgan fingerprint density at radius 1 is 1.06 bits per heavy atom. The van der Waals surface area contributed by atoms with Gasteiger partial charge < -0.3 is 25.3 Å². The van der Waals surface area contributed by atoms with Gasteiger partial charge in [-0.05, 0) is 50.2 Å². The van der Waals surface area contributed by atoms with E-state index in [4.69, 9.17) is 19.9 Å². The Balaban J connectivity index is 0.00000341. The molecule has 0 aliphatic rings. The van der Waals surface area contributed by atoms with Gasteiger partial charge in [-0.2, -0.15) is 0 Å². The topological polar surface area (TPSA) is 91.0 Å². The second-order valence-corrected chi connectivity index (χ2v) is 7.08. The van der Waals surface area contributed by atoms with Gasteiger partial charge in [0.1, 0.15) is 22.3 Å². The fraction of sp³-hybridized carbons (Fsp3) is 0.273. The molecule has 31 heavy (non-hydrogen) atoms. The minimum atomic E-state index is 0. The lowest BCUT2D eigenvalue weighted by atomic mass is 10.2. The second-order valence-electron chi connectivity index (χ2n) is 6.22. The number of aliphatic imine (C=N–C) groups is 1. The summed E-state index contributed by atoms with van der Waals surface area (Å²) in [5, 5.41) is 6.01. The van der Waals surface area contributed by atoms with Crippen molar-refractivity contribution >= 4 is 47.0 Å². The van der Waals surface area contributed by atoms with Crippen LogP contribution in [0.2, 0.25) is 0 Å². The van der Waals surface area contributed by atoms with Gasteiger partial charge in [-0.3, -0.25) is 0 Å². The molecule has 0 aliphatic carbocycles. The average Bonchev–Trinajstić information content (AvgIpc) is 3.24. The van der Waals surface area contributed by atoms with Crippen LogP contribution < -0.4 is 25.3 Å². The highest BCUT2D eigenvalue weighted by molar-refractivity contribution is 14.0. The maximum Gasteiger partial charge on any atom is 0.193 e. The minimum Gasteiger partial charge on any atom is -0.497 e. The van der Waals surface area contributed by atoms with Gasteiger partial charge in [0.15, 0.2) is 5.96 Å². The van der Waals surface area contributed by atoms with E-state index in [9.17, 15) is 0 Å². The van der Waals surface area contributed by atoms with E-state index in [0.29, 0.717) is 31.2 Å². The van der Waals surface area contributed by atoms with Gasteiger partial charge in [0, 0.05) is 17.0 Å². The molecule has 0 atom stereocenters. The lowest BCUT2D eigenvalue weighted by Crippen LogP contribution is -2.23. The summed E-state index contributed by atoms with van der Waals surface area (Å²) in [5.41, 5.74) is 8.70. The Hall–Kier alpha value is -2.53. The maximum atomic E-state index is 6.10. The third kappa shape index (κ3) is 7.00. The number of anilines is 1. The lowest BCUT2D eigenvalue weighted by Gasteiger charge is -2.13. The van der Waals surface area contributed by atoms with E-state index in [1.54, 1.807) is 18.4 Å². The monoisotopic (exact) mass is 554 g/mol. The van der Waals surface area contributed by atoms with Crippen molar-refractivity contribution in [2.75, 3.05) is 25.6 Å². The van der Waals surface area contributed by atoms with Gasteiger partial charge >= 0.3 is 0 Å². The molecule has 0 amide bonds. The van der Waals surface area contributed by atoms with Crippen LogP contribution >= 0.6 is 35.3 Å². The molecule has 9 heteroatoms. The number of methoxy groups -OCH3 is 1. The van der Waals surface area contributed by atoms with Gasteiger partial charge in [0.2, 0.25) is 0 Å². The molecule has 0 radical (unpaired) electrons. The lowest BCUT2D eigenvalue weighted by molar-refractivity contribution is 0.332. The molecular weight excluding hydrogens is 527 g/mol. The van der Waals surface area contributed by atoms with Crippen molar-refractivity contribution in [2.45, 2.75) is 20.4 Å². The number of guanidine groups is 1. The van der Waals surface area contributed by atoms with E-state index in [1.165, 1.54) is 0 Å². The molecule has 0 unspecified atom stereocenters. The van der Waals surface area contributed by atoms with Gasteiger partial charge in [-0.25, -0.2) is 9.98 Å². The third-order valence-corrected chi connectivity index (χ3v) is 5.06. The fourth-order valence-electron chi connectivity index (χ4n) is 2.73. The van der Waals surface area contributed by atoms with Crippen molar-refractivity contribution < 1.29 is 14.2 Å². The molecule has 166 valence electrons. The van der Waals surface area contributed by atoms with Gasteiger partial charge in [-0.15, -0.1) is 35.3 Å².